The molecule has 26 heavy (non-hydrogen) atoms. The van der Waals surface area contributed by atoms with E-state index < -0.39 is 0 Å². The van der Waals surface area contributed by atoms with E-state index in [0.29, 0.717) is 30.2 Å². The highest BCUT2D eigenvalue weighted by Gasteiger charge is 2.14. The molecule has 0 spiro atoms. The largest absolute Gasteiger partial charge is 0.493 e. The fraction of sp³-hybridized carbons (Fsp3) is 0.263. The summed E-state index contributed by atoms with van der Waals surface area (Å²) in [6, 6.07) is 11.5. The molecule has 0 fully saturated rings. The second-order valence-electron chi connectivity index (χ2n) is 5.71. The molecule has 0 unspecified atom stereocenters. The van der Waals surface area contributed by atoms with Crippen molar-refractivity contribution in [2.75, 3.05) is 20.8 Å². The highest BCUT2D eigenvalue weighted by atomic mass is 32.1. The van der Waals surface area contributed by atoms with Crippen LogP contribution in [0.5, 0.6) is 11.5 Å². The molecule has 0 saturated carbocycles. The number of benzene rings is 1. The molecule has 0 saturated heterocycles. The summed E-state index contributed by atoms with van der Waals surface area (Å²) in [6.45, 7) is 0.522. The Bertz CT molecular complexity index is 888. The van der Waals surface area contributed by atoms with Gasteiger partial charge in [0.2, 0.25) is 0 Å². The number of nitrogens with one attached hydrogen (secondary N) is 1. The van der Waals surface area contributed by atoms with Gasteiger partial charge in [-0.3, -0.25) is 9.48 Å². The van der Waals surface area contributed by atoms with Crippen LogP contribution < -0.4 is 14.8 Å². The van der Waals surface area contributed by atoms with Crippen LogP contribution in [0.3, 0.4) is 0 Å². The number of hydrogen-bond donors (Lipinski definition) is 1. The van der Waals surface area contributed by atoms with Crippen molar-refractivity contribution >= 4 is 17.2 Å². The van der Waals surface area contributed by atoms with Crippen LogP contribution in [0, 0.1) is 0 Å². The first-order chi connectivity index (χ1) is 12.6. The fourth-order valence-electron chi connectivity index (χ4n) is 2.67. The van der Waals surface area contributed by atoms with Crippen molar-refractivity contribution in [3.05, 3.63) is 53.0 Å². The zero-order chi connectivity index (χ0) is 18.5. The molecule has 2 heterocycles. The smallest absolute Gasteiger partial charge is 0.269 e. The highest BCUT2D eigenvalue weighted by molar-refractivity contribution is 7.13. The van der Waals surface area contributed by atoms with Crippen LogP contribution in [-0.4, -0.2) is 36.5 Å². The van der Waals surface area contributed by atoms with E-state index in [4.69, 9.17) is 9.47 Å². The number of aromatic nitrogens is 2. The third-order valence-corrected chi connectivity index (χ3v) is 4.93. The molecule has 0 aliphatic heterocycles. The standard InChI is InChI=1S/C19H21N3O3S/c1-22-15(12-14(21-22)18-5-4-10-26-18)19(23)20-9-8-13-6-7-16(24-2)17(11-13)25-3/h4-7,10-12H,8-9H2,1-3H3,(H,20,23). The van der Waals surface area contributed by atoms with E-state index in [9.17, 15) is 4.79 Å². The third kappa shape index (κ3) is 3.88. The molecule has 0 aliphatic rings. The Morgan fingerprint density at radius 3 is 2.69 bits per heavy atom. The normalized spacial score (nSPS) is 10.6. The van der Waals surface area contributed by atoms with Gasteiger partial charge in [0.15, 0.2) is 11.5 Å². The quantitative estimate of drug-likeness (QED) is 0.693. The third-order valence-electron chi connectivity index (χ3n) is 4.03. The summed E-state index contributed by atoms with van der Waals surface area (Å²) in [5, 5.41) is 9.36. The van der Waals surface area contributed by atoms with Gasteiger partial charge in [0, 0.05) is 13.6 Å². The van der Waals surface area contributed by atoms with Crippen LogP contribution in [0.15, 0.2) is 41.8 Å². The second kappa shape index (κ2) is 8.05. The average molecular weight is 371 g/mol. The number of carbonyl (C=O) groups excluding carboxylic acids is 1. The number of hydrogen-bond acceptors (Lipinski definition) is 5. The number of carbonyl (C=O) groups is 1. The molecule has 3 rings (SSSR count). The molecule has 1 aromatic carbocycles. The van der Waals surface area contributed by atoms with E-state index in [-0.39, 0.29) is 5.91 Å². The molecule has 0 atom stereocenters. The Hall–Kier alpha value is -2.80. The van der Waals surface area contributed by atoms with Crippen molar-refractivity contribution in [1.82, 2.24) is 15.1 Å². The van der Waals surface area contributed by atoms with Crippen LogP contribution in [0.2, 0.25) is 0 Å². The summed E-state index contributed by atoms with van der Waals surface area (Å²) in [4.78, 5) is 13.5. The van der Waals surface area contributed by atoms with Gasteiger partial charge < -0.3 is 14.8 Å². The van der Waals surface area contributed by atoms with E-state index in [1.165, 1.54) is 0 Å². The first kappa shape index (κ1) is 18.0. The van der Waals surface area contributed by atoms with Gasteiger partial charge in [-0.1, -0.05) is 12.1 Å². The summed E-state index contributed by atoms with van der Waals surface area (Å²) >= 11 is 1.60. The van der Waals surface area contributed by atoms with Crippen molar-refractivity contribution in [2.24, 2.45) is 7.05 Å². The summed E-state index contributed by atoms with van der Waals surface area (Å²) in [5.41, 5.74) is 2.42. The predicted octanol–water partition coefficient (Wildman–Crippen LogP) is 3.14. The van der Waals surface area contributed by atoms with Gasteiger partial charge in [0.05, 0.1) is 19.1 Å². The van der Waals surface area contributed by atoms with Crippen molar-refractivity contribution in [1.29, 1.82) is 0 Å². The van der Waals surface area contributed by atoms with Gasteiger partial charge in [0.25, 0.3) is 5.91 Å². The number of ether oxygens (including phenoxy) is 2. The number of nitrogens with zero attached hydrogens (tertiary/aromatic N) is 2. The number of rotatable bonds is 7. The Balaban J connectivity index is 1.61. The van der Waals surface area contributed by atoms with Crippen molar-refractivity contribution in [2.45, 2.75) is 6.42 Å². The van der Waals surface area contributed by atoms with Crippen molar-refractivity contribution in [3.8, 4) is 22.1 Å². The van der Waals surface area contributed by atoms with E-state index in [1.54, 1.807) is 37.3 Å². The van der Waals surface area contributed by atoms with Gasteiger partial charge in [0.1, 0.15) is 11.4 Å². The van der Waals surface area contributed by atoms with Crippen LogP contribution >= 0.6 is 11.3 Å². The number of thiophene rings is 1. The zero-order valence-corrected chi connectivity index (χ0v) is 15.8. The predicted molar refractivity (Wildman–Crippen MR) is 102 cm³/mol. The minimum atomic E-state index is -0.136. The van der Waals surface area contributed by atoms with Crippen molar-refractivity contribution < 1.29 is 14.3 Å². The van der Waals surface area contributed by atoms with Gasteiger partial charge >= 0.3 is 0 Å². The van der Waals surface area contributed by atoms with E-state index in [2.05, 4.69) is 10.4 Å². The number of amides is 1. The Morgan fingerprint density at radius 2 is 2.00 bits per heavy atom. The lowest BCUT2D eigenvalue weighted by Gasteiger charge is -2.10. The van der Waals surface area contributed by atoms with Gasteiger partial charge in [-0.25, -0.2) is 0 Å². The van der Waals surface area contributed by atoms with Gasteiger partial charge in [-0.2, -0.15) is 5.10 Å². The van der Waals surface area contributed by atoms with Crippen LogP contribution in [0.4, 0.5) is 0 Å². The molecular weight excluding hydrogens is 350 g/mol. The first-order valence-electron chi connectivity index (χ1n) is 8.19. The van der Waals surface area contributed by atoms with E-state index in [0.717, 1.165) is 16.1 Å². The number of aryl methyl sites for hydroxylation is 1. The topological polar surface area (TPSA) is 65.4 Å². The van der Waals surface area contributed by atoms with Crippen LogP contribution in [0.1, 0.15) is 16.1 Å². The van der Waals surface area contributed by atoms with Crippen LogP contribution in [0.25, 0.3) is 10.6 Å². The second-order valence-corrected chi connectivity index (χ2v) is 6.66. The molecular formula is C19H21N3O3S. The molecule has 0 bridgehead atoms. The van der Waals surface area contributed by atoms with E-state index >= 15 is 0 Å². The molecule has 0 aliphatic carbocycles. The summed E-state index contributed by atoms with van der Waals surface area (Å²) in [7, 11) is 4.99. The summed E-state index contributed by atoms with van der Waals surface area (Å²) < 4.78 is 12.2. The minimum absolute atomic E-state index is 0.136. The maximum Gasteiger partial charge on any atom is 0.269 e. The van der Waals surface area contributed by atoms with Gasteiger partial charge in [-0.15, -0.1) is 11.3 Å². The highest BCUT2D eigenvalue weighted by Crippen LogP contribution is 2.27. The summed E-state index contributed by atoms with van der Waals surface area (Å²) in [6.07, 6.45) is 0.696. The van der Waals surface area contributed by atoms with Crippen LogP contribution in [-0.2, 0) is 13.5 Å². The maximum atomic E-state index is 12.4. The molecule has 1 N–H and O–H groups in total. The monoisotopic (exact) mass is 371 g/mol. The number of methoxy groups -OCH3 is 2. The Kier molecular flexibility index (Phi) is 5.58. The SMILES string of the molecule is COc1ccc(CCNC(=O)c2cc(-c3cccs3)nn2C)cc1OC. The average Bonchev–Trinajstić information content (AvgIpc) is 3.31. The van der Waals surface area contributed by atoms with E-state index in [1.807, 2.05) is 41.8 Å². The van der Waals surface area contributed by atoms with Crippen molar-refractivity contribution in [3.63, 3.8) is 0 Å². The molecule has 3 aromatic rings. The fourth-order valence-corrected chi connectivity index (χ4v) is 3.35. The lowest BCUT2D eigenvalue weighted by atomic mass is 10.1. The Labute approximate surface area is 156 Å². The molecule has 7 heteroatoms. The summed E-state index contributed by atoms with van der Waals surface area (Å²) in [5.74, 6) is 1.24. The molecule has 6 nitrogen and oxygen atoms in total. The lowest BCUT2D eigenvalue weighted by molar-refractivity contribution is 0.0944. The molecule has 2 aromatic heterocycles. The zero-order valence-electron chi connectivity index (χ0n) is 15.0. The Morgan fingerprint density at radius 1 is 1.19 bits per heavy atom. The molecule has 1 amide bonds. The first-order valence-corrected chi connectivity index (χ1v) is 9.07. The molecule has 0 radical (unpaired) electrons. The molecule has 136 valence electrons. The van der Waals surface area contributed by atoms with Gasteiger partial charge in [-0.05, 0) is 41.6 Å². The maximum absolute atomic E-state index is 12.4. The minimum Gasteiger partial charge on any atom is -0.493 e. The lowest BCUT2D eigenvalue weighted by Crippen LogP contribution is -2.27.